The Balaban J connectivity index is 2.12. The molecule has 108 valence electrons. The number of esters is 1. The minimum Gasteiger partial charge on any atom is -0.465 e. The Kier molecular flexibility index (Phi) is 5.17. The molecule has 4 nitrogen and oxygen atoms in total. The Morgan fingerprint density at radius 2 is 2.15 bits per heavy atom. The second kappa shape index (κ2) is 6.88. The number of methoxy groups -OCH3 is 1. The fourth-order valence-corrected chi connectivity index (χ4v) is 2.84. The van der Waals surface area contributed by atoms with Crippen molar-refractivity contribution in [3.05, 3.63) is 33.8 Å². The summed E-state index contributed by atoms with van der Waals surface area (Å²) in [5.74, 6) is -0.144. The largest absolute Gasteiger partial charge is 0.465 e. The van der Waals surface area contributed by atoms with Gasteiger partial charge in [0.05, 0.1) is 12.7 Å². The summed E-state index contributed by atoms with van der Waals surface area (Å²) in [4.78, 5) is 25.3. The van der Waals surface area contributed by atoms with Gasteiger partial charge in [-0.15, -0.1) is 0 Å². The Labute approximate surface area is 127 Å². The van der Waals surface area contributed by atoms with E-state index in [1.807, 2.05) is 11.0 Å². The van der Waals surface area contributed by atoms with Gasteiger partial charge in [0, 0.05) is 24.0 Å². The van der Waals surface area contributed by atoms with E-state index in [2.05, 4.69) is 15.9 Å². The van der Waals surface area contributed by atoms with Crippen LogP contribution < -0.4 is 0 Å². The number of hydrogen-bond donors (Lipinski definition) is 0. The molecular formula is C15H18BrNO3. The summed E-state index contributed by atoms with van der Waals surface area (Å²) in [5.41, 5.74) is 1.51. The Morgan fingerprint density at radius 3 is 2.85 bits per heavy atom. The van der Waals surface area contributed by atoms with Crippen molar-refractivity contribution in [2.75, 3.05) is 13.7 Å². The molecule has 20 heavy (non-hydrogen) atoms. The van der Waals surface area contributed by atoms with Crippen LogP contribution in [0.2, 0.25) is 0 Å². The lowest BCUT2D eigenvalue weighted by atomic mass is 10.1. The van der Waals surface area contributed by atoms with Gasteiger partial charge in [-0.05, 0) is 30.5 Å². The van der Waals surface area contributed by atoms with Crippen molar-refractivity contribution >= 4 is 27.8 Å². The summed E-state index contributed by atoms with van der Waals surface area (Å²) < 4.78 is 5.52. The zero-order valence-electron chi connectivity index (χ0n) is 11.5. The van der Waals surface area contributed by atoms with E-state index in [0.717, 1.165) is 35.8 Å². The molecule has 1 amide bonds. The first-order chi connectivity index (χ1) is 9.61. The second-order valence-electron chi connectivity index (χ2n) is 4.92. The van der Waals surface area contributed by atoms with Crippen molar-refractivity contribution in [2.24, 2.45) is 0 Å². The van der Waals surface area contributed by atoms with E-state index in [9.17, 15) is 9.59 Å². The highest BCUT2D eigenvalue weighted by Gasteiger charge is 2.18. The lowest BCUT2D eigenvalue weighted by molar-refractivity contribution is -0.131. The third-order valence-electron chi connectivity index (χ3n) is 3.51. The van der Waals surface area contributed by atoms with Gasteiger partial charge in [0.1, 0.15) is 0 Å². The molecule has 2 rings (SSSR count). The summed E-state index contributed by atoms with van der Waals surface area (Å²) in [6, 6.07) is 5.34. The number of benzene rings is 1. The Morgan fingerprint density at radius 1 is 1.35 bits per heavy atom. The van der Waals surface area contributed by atoms with Gasteiger partial charge in [-0.1, -0.05) is 28.4 Å². The first kappa shape index (κ1) is 15.0. The van der Waals surface area contributed by atoms with Crippen LogP contribution in [-0.4, -0.2) is 30.4 Å². The predicted molar refractivity (Wildman–Crippen MR) is 79.4 cm³/mol. The van der Waals surface area contributed by atoms with Crippen molar-refractivity contribution in [2.45, 2.75) is 32.2 Å². The van der Waals surface area contributed by atoms with Crippen LogP contribution in [0.1, 0.15) is 41.6 Å². The molecule has 1 saturated heterocycles. The smallest absolute Gasteiger partial charge is 0.337 e. The van der Waals surface area contributed by atoms with E-state index in [-0.39, 0.29) is 11.9 Å². The quantitative estimate of drug-likeness (QED) is 0.794. The Hall–Kier alpha value is -1.36. The monoisotopic (exact) mass is 339 g/mol. The molecule has 1 aromatic carbocycles. The topological polar surface area (TPSA) is 46.6 Å². The number of halogens is 1. The molecular weight excluding hydrogens is 322 g/mol. The van der Waals surface area contributed by atoms with Gasteiger partial charge in [0.15, 0.2) is 0 Å². The number of carbonyl (C=O) groups excluding carboxylic acids is 2. The normalized spacial score (nSPS) is 15.9. The molecule has 1 fully saturated rings. The summed E-state index contributed by atoms with van der Waals surface area (Å²) in [7, 11) is 1.36. The van der Waals surface area contributed by atoms with Crippen LogP contribution in [0.25, 0.3) is 0 Å². The number of carbonyl (C=O) groups is 2. The molecule has 0 N–H and O–H groups in total. The number of amides is 1. The zero-order valence-corrected chi connectivity index (χ0v) is 13.1. The molecule has 0 atom stereocenters. The van der Waals surface area contributed by atoms with Gasteiger partial charge in [0.25, 0.3) is 0 Å². The molecule has 5 heteroatoms. The maximum atomic E-state index is 12.0. The van der Waals surface area contributed by atoms with E-state index in [1.54, 1.807) is 12.1 Å². The van der Waals surface area contributed by atoms with Crippen LogP contribution >= 0.6 is 15.9 Å². The van der Waals surface area contributed by atoms with Crippen molar-refractivity contribution in [1.82, 2.24) is 4.90 Å². The fraction of sp³-hybridized carbons (Fsp3) is 0.467. The van der Waals surface area contributed by atoms with Crippen LogP contribution in [-0.2, 0) is 16.1 Å². The summed E-state index contributed by atoms with van der Waals surface area (Å²) in [6.07, 6.45) is 3.80. The predicted octanol–water partition coefficient (Wildman–Crippen LogP) is 3.14. The van der Waals surface area contributed by atoms with Crippen LogP contribution in [0.5, 0.6) is 0 Å². The minimum absolute atomic E-state index is 0.214. The molecule has 0 unspecified atom stereocenters. The molecule has 1 heterocycles. The molecule has 0 bridgehead atoms. The van der Waals surface area contributed by atoms with E-state index < -0.39 is 0 Å². The van der Waals surface area contributed by atoms with Crippen molar-refractivity contribution in [3.8, 4) is 0 Å². The van der Waals surface area contributed by atoms with Crippen LogP contribution in [0.3, 0.4) is 0 Å². The highest BCUT2D eigenvalue weighted by molar-refractivity contribution is 9.10. The maximum Gasteiger partial charge on any atom is 0.337 e. The van der Waals surface area contributed by atoms with Crippen molar-refractivity contribution in [3.63, 3.8) is 0 Å². The summed E-state index contributed by atoms with van der Waals surface area (Å²) in [5, 5.41) is 0. The van der Waals surface area contributed by atoms with Crippen molar-refractivity contribution < 1.29 is 14.3 Å². The van der Waals surface area contributed by atoms with Gasteiger partial charge in [-0.25, -0.2) is 4.79 Å². The molecule has 0 spiro atoms. The van der Waals surface area contributed by atoms with Gasteiger partial charge >= 0.3 is 5.97 Å². The van der Waals surface area contributed by atoms with Crippen LogP contribution in [0.4, 0.5) is 0 Å². The average Bonchev–Trinajstić information content (AvgIpc) is 2.65. The highest BCUT2D eigenvalue weighted by Crippen LogP contribution is 2.22. The van der Waals surface area contributed by atoms with E-state index in [0.29, 0.717) is 18.5 Å². The molecule has 0 aromatic heterocycles. The third-order valence-corrected chi connectivity index (χ3v) is 4.24. The lowest BCUT2D eigenvalue weighted by Crippen LogP contribution is -2.29. The summed E-state index contributed by atoms with van der Waals surface area (Å²) in [6.45, 7) is 1.39. The number of ether oxygens (including phenoxy) is 1. The van der Waals surface area contributed by atoms with Gasteiger partial charge in [0.2, 0.25) is 5.91 Å². The SMILES string of the molecule is COC(=O)c1ccc(CN2CCCCCC2=O)c(Br)c1. The lowest BCUT2D eigenvalue weighted by Gasteiger charge is -2.21. The first-order valence-electron chi connectivity index (χ1n) is 6.76. The molecule has 0 saturated carbocycles. The average molecular weight is 340 g/mol. The van der Waals surface area contributed by atoms with E-state index in [4.69, 9.17) is 4.74 Å². The number of hydrogen-bond acceptors (Lipinski definition) is 3. The molecule has 1 aliphatic heterocycles. The highest BCUT2D eigenvalue weighted by atomic mass is 79.9. The van der Waals surface area contributed by atoms with Gasteiger partial charge < -0.3 is 9.64 Å². The minimum atomic E-state index is -0.358. The van der Waals surface area contributed by atoms with Gasteiger partial charge in [-0.2, -0.15) is 0 Å². The second-order valence-corrected chi connectivity index (χ2v) is 5.78. The van der Waals surface area contributed by atoms with Gasteiger partial charge in [-0.3, -0.25) is 4.79 Å². The Bertz CT molecular complexity index is 516. The molecule has 1 aromatic rings. The summed E-state index contributed by atoms with van der Waals surface area (Å²) >= 11 is 3.47. The number of rotatable bonds is 3. The fourth-order valence-electron chi connectivity index (χ4n) is 2.33. The molecule has 0 aliphatic carbocycles. The number of likely N-dealkylation sites (tertiary alicyclic amines) is 1. The zero-order chi connectivity index (χ0) is 14.5. The standard InChI is InChI=1S/C15H18BrNO3/c1-20-15(19)11-6-7-12(13(16)9-11)10-17-8-4-2-3-5-14(17)18/h6-7,9H,2-5,8,10H2,1H3. The van der Waals surface area contributed by atoms with Crippen LogP contribution in [0.15, 0.2) is 22.7 Å². The van der Waals surface area contributed by atoms with Crippen molar-refractivity contribution in [1.29, 1.82) is 0 Å². The molecule has 1 aliphatic rings. The third kappa shape index (κ3) is 3.60. The van der Waals surface area contributed by atoms with Crippen LogP contribution in [0, 0.1) is 0 Å². The van der Waals surface area contributed by atoms with E-state index in [1.165, 1.54) is 7.11 Å². The maximum absolute atomic E-state index is 12.0. The van der Waals surface area contributed by atoms with E-state index >= 15 is 0 Å². The molecule has 0 radical (unpaired) electrons. The first-order valence-corrected chi connectivity index (χ1v) is 7.55. The number of nitrogens with zero attached hydrogens (tertiary/aromatic N) is 1.